The van der Waals surface area contributed by atoms with Gasteiger partial charge in [-0.2, -0.15) is 13.2 Å². The highest BCUT2D eigenvalue weighted by Crippen LogP contribution is 2.35. The molecule has 0 aliphatic heterocycles. The number of nitrogens with one attached hydrogen (secondary N) is 1. The summed E-state index contributed by atoms with van der Waals surface area (Å²) in [6, 6.07) is 11.6. The number of aromatic nitrogens is 2. The van der Waals surface area contributed by atoms with Crippen LogP contribution in [0.1, 0.15) is 15.2 Å². The summed E-state index contributed by atoms with van der Waals surface area (Å²) in [4.78, 5) is 22.0. The minimum atomic E-state index is -4.50. The predicted octanol–water partition coefficient (Wildman–Crippen LogP) is 5.21. The van der Waals surface area contributed by atoms with Crippen molar-refractivity contribution < 1.29 is 18.0 Å². The lowest BCUT2D eigenvalue weighted by Crippen LogP contribution is -2.13. The minimum Gasteiger partial charge on any atom is -0.397 e. The van der Waals surface area contributed by atoms with Gasteiger partial charge in [-0.3, -0.25) is 9.78 Å². The maximum absolute atomic E-state index is 12.9. The van der Waals surface area contributed by atoms with Crippen molar-refractivity contribution in [3.05, 3.63) is 71.4 Å². The third kappa shape index (κ3) is 3.77. The number of halogens is 3. The molecule has 0 bridgehead atoms. The summed E-state index contributed by atoms with van der Waals surface area (Å²) in [6.45, 7) is 0. The number of nitrogens with zero attached hydrogens (tertiary/aromatic N) is 2. The molecule has 3 aromatic heterocycles. The monoisotopic (exact) mass is 414 g/mol. The number of nitrogen functional groups attached to an aromatic ring is 1. The highest BCUT2D eigenvalue weighted by atomic mass is 32.1. The zero-order valence-electron chi connectivity index (χ0n) is 14.7. The Kier molecular flexibility index (Phi) is 4.67. The molecule has 5 nitrogen and oxygen atoms in total. The molecule has 9 heteroatoms. The number of rotatable bonds is 3. The van der Waals surface area contributed by atoms with Gasteiger partial charge in [0.1, 0.15) is 9.71 Å². The Bertz CT molecular complexity index is 1210. The van der Waals surface area contributed by atoms with Crippen molar-refractivity contribution in [2.45, 2.75) is 6.18 Å². The molecule has 3 N–H and O–H groups in total. The van der Waals surface area contributed by atoms with Crippen molar-refractivity contribution in [3.8, 4) is 11.3 Å². The van der Waals surface area contributed by atoms with Gasteiger partial charge in [0.05, 0.1) is 16.9 Å². The molecule has 0 atom stereocenters. The highest BCUT2D eigenvalue weighted by Gasteiger charge is 2.30. The van der Waals surface area contributed by atoms with Crippen LogP contribution < -0.4 is 11.1 Å². The van der Waals surface area contributed by atoms with Crippen molar-refractivity contribution in [3.63, 3.8) is 0 Å². The van der Waals surface area contributed by atoms with Crippen LogP contribution in [0.4, 0.5) is 24.5 Å². The van der Waals surface area contributed by atoms with E-state index >= 15 is 0 Å². The molecule has 0 saturated carbocycles. The molecule has 29 heavy (non-hydrogen) atoms. The van der Waals surface area contributed by atoms with Gasteiger partial charge in [0, 0.05) is 29.0 Å². The normalized spacial score (nSPS) is 11.6. The van der Waals surface area contributed by atoms with Crippen LogP contribution in [-0.2, 0) is 6.18 Å². The zero-order valence-corrected chi connectivity index (χ0v) is 15.5. The minimum absolute atomic E-state index is 0.0330. The summed E-state index contributed by atoms with van der Waals surface area (Å²) in [5.41, 5.74) is 7.02. The van der Waals surface area contributed by atoms with Crippen LogP contribution in [-0.4, -0.2) is 15.9 Å². The van der Waals surface area contributed by atoms with Gasteiger partial charge in [-0.15, -0.1) is 11.3 Å². The van der Waals surface area contributed by atoms with E-state index in [1.807, 2.05) is 6.07 Å². The number of anilines is 2. The lowest BCUT2D eigenvalue weighted by molar-refractivity contribution is -0.137. The van der Waals surface area contributed by atoms with E-state index in [2.05, 4.69) is 15.3 Å². The molecule has 1 amide bonds. The van der Waals surface area contributed by atoms with Crippen molar-refractivity contribution in [1.82, 2.24) is 9.97 Å². The van der Waals surface area contributed by atoms with E-state index in [0.29, 0.717) is 15.9 Å². The maximum Gasteiger partial charge on any atom is 0.416 e. The number of nitrogens with two attached hydrogens (primary N) is 1. The van der Waals surface area contributed by atoms with E-state index < -0.39 is 17.6 Å². The topological polar surface area (TPSA) is 80.9 Å². The second-order valence-corrected chi connectivity index (χ2v) is 7.17. The van der Waals surface area contributed by atoms with Crippen molar-refractivity contribution >= 4 is 38.8 Å². The van der Waals surface area contributed by atoms with Gasteiger partial charge in [-0.1, -0.05) is 6.07 Å². The van der Waals surface area contributed by atoms with E-state index in [9.17, 15) is 18.0 Å². The molecule has 3 heterocycles. The van der Waals surface area contributed by atoms with Gasteiger partial charge < -0.3 is 11.1 Å². The predicted molar refractivity (Wildman–Crippen MR) is 107 cm³/mol. The summed E-state index contributed by atoms with van der Waals surface area (Å²) in [7, 11) is 0. The lowest BCUT2D eigenvalue weighted by atomic mass is 10.1. The lowest BCUT2D eigenvalue weighted by Gasteiger charge is -2.09. The molecule has 0 saturated heterocycles. The van der Waals surface area contributed by atoms with E-state index in [1.54, 1.807) is 30.6 Å². The van der Waals surface area contributed by atoms with Gasteiger partial charge in [0.15, 0.2) is 0 Å². The van der Waals surface area contributed by atoms with E-state index in [4.69, 9.17) is 5.73 Å². The fraction of sp³-hybridized carbons (Fsp3) is 0.0500. The van der Waals surface area contributed by atoms with E-state index in [0.717, 1.165) is 29.0 Å². The number of benzene rings is 1. The number of pyridine rings is 2. The molecular formula is C20H13F3N4OS. The number of fused-ring (bicyclic) bond motifs is 1. The smallest absolute Gasteiger partial charge is 0.397 e. The third-order valence-electron chi connectivity index (χ3n) is 4.21. The number of hydrogen-bond acceptors (Lipinski definition) is 5. The molecule has 4 aromatic rings. The summed E-state index contributed by atoms with van der Waals surface area (Å²) >= 11 is 1.08. The van der Waals surface area contributed by atoms with Crippen LogP contribution in [0, 0.1) is 0 Å². The summed E-state index contributed by atoms with van der Waals surface area (Å²) in [5.74, 6) is -0.590. The molecule has 0 spiro atoms. The van der Waals surface area contributed by atoms with Crippen LogP contribution in [0.2, 0.25) is 0 Å². The second kappa shape index (κ2) is 7.17. The van der Waals surface area contributed by atoms with Gasteiger partial charge in [0.25, 0.3) is 5.91 Å². The largest absolute Gasteiger partial charge is 0.416 e. The maximum atomic E-state index is 12.9. The first-order valence-corrected chi connectivity index (χ1v) is 9.22. The molecule has 4 rings (SSSR count). The Balaban J connectivity index is 1.65. The SMILES string of the molecule is Nc1c(C(=O)Nc2cccc(C(F)(F)F)c2)sc2nc(-c3cccnc3)ccc12. The molecule has 0 radical (unpaired) electrons. The standard InChI is InChI=1S/C20H13F3N4OS/c21-20(22,23)12-4-1-5-13(9-12)26-18(28)17-16(24)14-6-7-15(27-19(14)29-17)11-3-2-8-25-10-11/h1-10H,24H2,(H,26,28). The van der Waals surface area contributed by atoms with Crippen LogP contribution in [0.25, 0.3) is 21.5 Å². The summed E-state index contributed by atoms with van der Waals surface area (Å²) in [5, 5.41) is 3.08. The molecule has 0 unspecified atom stereocenters. The third-order valence-corrected chi connectivity index (χ3v) is 5.32. The average molecular weight is 414 g/mol. The number of amides is 1. The Morgan fingerprint density at radius 2 is 1.93 bits per heavy atom. The van der Waals surface area contributed by atoms with Crippen molar-refractivity contribution in [2.75, 3.05) is 11.1 Å². The van der Waals surface area contributed by atoms with Crippen LogP contribution >= 0.6 is 11.3 Å². The average Bonchev–Trinajstić information content (AvgIpc) is 3.04. The molecular weight excluding hydrogens is 401 g/mol. The first-order chi connectivity index (χ1) is 13.8. The van der Waals surface area contributed by atoms with Crippen molar-refractivity contribution in [1.29, 1.82) is 0 Å². The fourth-order valence-corrected chi connectivity index (χ4v) is 3.79. The Morgan fingerprint density at radius 3 is 2.66 bits per heavy atom. The number of hydrogen-bond donors (Lipinski definition) is 2. The first-order valence-electron chi connectivity index (χ1n) is 8.41. The van der Waals surface area contributed by atoms with Crippen LogP contribution in [0.15, 0.2) is 60.9 Å². The van der Waals surface area contributed by atoms with Gasteiger partial charge in [-0.05, 0) is 42.5 Å². The van der Waals surface area contributed by atoms with Gasteiger partial charge in [-0.25, -0.2) is 4.98 Å². The van der Waals surface area contributed by atoms with Gasteiger partial charge in [0.2, 0.25) is 0 Å². The molecule has 1 aromatic carbocycles. The van der Waals surface area contributed by atoms with Crippen LogP contribution in [0.3, 0.4) is 0 Å². The Hall–Kier alpha value is -3.46. The number of alkyl halides is 3. The number of carbonyl (C=O) groups excluding carboxylic acids is 1. The summed E-state index contributed by atoms with van der Waals surface area (Å²) in [6.07, 6.45) is -1.17. The number of carbonyl (C=O) groups is 1. The Morgan fingerprint density at radius 1 is 1.10 bits per heavy atom. The quantitative estimate of drug-likeness (QED) is 0.482. The second-order valence-electron chi connectivity index (χ2n) is 6.17. The zero-order chi connectivity index (χ0) is 20.6. The molecule has 0 aliphatic rings. The molecule has 146 valence electrons. The van der Waals surface area contributed by atoms with Crippen molar-refractivity contribution in [2.24, 2.45) is 0 Å². The molecule has 0 aliphatic carbocycles. The first kappa shape index (κ1) is 18.9. The Labute approximate surface area is 167 Å². The summed E-state index contributed by atoms with van der Waals surface area (Å²) < 4.78 is 38.6. The van der Waals surface area contributed by atoms with Crippen LogP contribution in [0.5, 0.6) is 0 Å². The van der Waals surface area contributed by atoms with E-state index in [-0.39, 0.29) is 16.3 Å². The molecule has 0 fully saturated rings. The van der Waals surface area contributed by atoms with E-state index in [1.165, 1.54) is 12.1 Å². The van der Waals surface area contributed by atoms with Gasteiger partial charge >= 0.3 is 6.18 Å². The highest BCUT2D eigenvalue weighted by molar-refractivity contribution is 7.21. The fourth-order valence-electron chi connectivity index (χ4n) is 2.80. The number of thiophene rings is 1.